The maximum absolute atomic E-state index is 12.2. The van der Waals surface area contributed by atoms with Crippen LogP contribution in [0.4, 0.5) is 0 Å². The molecular formula is C22H24N2O3. The molecule has 0 aliphatic heterocycles. The molecule has 0 saturated carbocycles. The van der Waals surface area contributed by atoms with E-state index in [1.807, 2.05) is 48.5 Å². The van der Waals surface area contributed by atoms with E-state index >= 15 is 0 Å². The quantitative estimate of drug-likeness (QED) is 0.671. The molecule has 0 aliphatic carbocycles. The third-order valence-corrected chi connectivity index (χ3v) is 4.43. The van der Waals surface area contributed by atoms with Gasteiger partial charge in [0.1, 0.15) is 5.75 Å². The molecule has 3 rings (SSSR count). The number of hydrogen-bond acceptors (Lipinski definition) is 3. The van der Waals surface area contributed by atoms with Crippen LogP contribution in [-0.4, -0.2) is 17.5 Å². The van der Waals surface area contributed by atoms with Gasteiger partial charge in [-0.2, -0.15) is 0 Å². The Kier molecular flexibility index (Phi) is 5.91. The Hall–Kier alpha value is -3.08. The summed E-state index contributed by atoms with van der Waals surface area (Å²) in [6.07, 6.45) is 0.234. The number of amides is 1. The van der Waals surface area contributed by atoms with Crippen molar-refractivity contribution >= 4 is 16.8 Å². The lowest BCUT2D eigenvalue weighted by molar-refractivity contribution is -0.121. The number of aromatic amines is 1. The number of carbonyl (C=O) groups excluding carboxylic acids is 1. The van der Waals surface area contributed by atoms with Gasteiger partial charge < -0.3 is 15.0 Å². The average molecular weight is 364 g/mol. The van der Waals surface area contributed by atoms with Gasteiger partial charge in [0.25, 0.3) is 5.56 Å². The molecular weight excluding hydrogens is 340 g/mol. The van der Waals surface area contributed by atoms with Crippen LogP contribution in [0, 0.1) is 0 Å². The van der Waals surface area contributed by atoms with Crippen LogP contribution in [0.1, 0.15) is 37.3 Å². The zero-order valence-electron chi connectivity index (χ0n) is 15.6. The predicted molar refractivity (Wildman–Crippen MR) is 107 cm³/mol. The van der Waals surface area contributed by atoms with E-state index < -0.39 is 0 Å². The Labute approximate surface area is 158 Å². The van der Waals surface area contributed by atoms with E-state index in [0.29, 0.717) is 18.1 Å². The minimum absolute atomic E-state index is 0.152. The third-order valence-electron chi connectivity index (χ3n) is 4.43. The Bertz CT molecular complexity index is 978. The fraction of sp³-hybridized carbons (Fsp3) is 0.273. The van der Waals surface area contributed by atoms with Crippen LogP contribution in [-0.2, 0) is 11.3 Å². The largest absolute Gasteiger partial charge is 0.493 e. The molecule has 5 heteroatoms. The maximum Gasteiger partial charge on any atom is 0.253 e. The summed E-state index contributed by atoms with van der Waals surface area (Å²) in [6.45, 7) is 4.75. The smallest absolute Gasteiger partial charge is 0.253 e. The van der Waals surface area contributed by atoms with Crippen LogP contribution in [0.2, 0.25) is 0 Å². The van der Waals surface area contributed by atoms with Gasteiger partial charge in [0, 0.05) is 17.6 Å². The van der Waals surface area contributed by atoms with E-state index in [1.165, 1.54) is 5.56 Å². The number of nitrogens with one attached hydrogen (secondary N) is 2. The molecule has 27 heavy (non-hydrogen) atoms. The zero-order valence-corrected chi connectivity index (χ0v) is 15.6. The Balaban J connectivity index is 1.59. The molecule has 0 unspecified atom stereocenters. The number of carbonyl (C=O) groups is 1. The van der Waals surface area contributed by atoms with Crippen molar-refractivity contribution in [3.63, 3.8) is 0 Å². The van der Waals surface area contributed by atoms with Crippen LogP contribution in [0.5, 0.6) is 5.75 Å². The fourth-order valence-corrected chi connectivity index (χ4v) is 2.82. The Morgan fingerprint density at radius 1 is 1.11 bits per heavy atom. The molecule has 0 saturated heterocycles. The Morgan fingerprint density at radius 2 is 1.89 bits per heavy atom. The highest BCUT2D eigenvalue weighted by molar-refractivity contribution is 5.80. The van der Waals surface area contributed by atoms with E-state index in [0.717, 1.165) is 16.7 Å². The maximum atomic E-state index is 12.2. The second-order valence-corrected chi connectivity index (χ2v) is 6.81. The fourth-order valence-electron chi connectivity index (χ4n) is 2.82. The number of rotatable bonds is 7. The molecule has 3 aromatic rings. The van der Waals surface area contributed by atoms with Crippen molar-refractivity contribution in [2.24, 2.45) is 0 Å². The van der Waals surface area contributed by atoms with Crippen LogP contribution in [0.15, 0.2) is 59.4 Å². The first kappa shape index (κ1) is 18.7. The van der Waals surface area contributed by atoms with Gasteiger partial charge in [0.05, 0.1) is 13.0 Å². The van der Waals surface area contributed by atoms with Gasteiger partial charge in [0.15, 0.2) is 0 Å². The highest BCUT2D eigenvalue weighted by atomic mass is 16.5. The van der Waals surface area contributed by atoms with Crippen LogP contribution in [0.3, 0.4) is 0 Å². The molecule has 2 N–H and O–H groups in total. The summed E-state index contributed by atoms with van der Waals surface area (Å²) in [5.41, 5.74) is 2.37. The minimum Gasteiger partial charge on any atom is -0.493 e. The standard InChI is InChI=1S/C22H24N2O3/c1-15(2)16-8-9-20-17(12-16)13-18(22(26)24-20)14-23-21(25)10-11-27-19-6-4-3-5-7-19/h3-9,12-13,15H,10-11,14H2,1-2H3,(H,23,25)(H,24,26). The van der Waals surface area contributed by atoms with Gasteiger partial charge >= 0.3 is 0 Å². The number of pyridine rings is 1. The minimum atomic E-state index is -0.180. The summed E-state index contributed by atoms with van der Waals surface area (Å²) in [5, 5.41) is 3.76. The van der Waals surface area contributed by atoms with E-state index in [9.17, 15) is 9.59 Å². The molecule has 1 heterocycles. The first-order valence-electron chi connectivity index (χ1n) is 9.13. The number of ether oxygens (including phenoxy) is 1. The first-order chi connectivity index (χ1) is 13.0. The van der Waals surface area contributed by atoms with E-state index in [4.69, 9.17) is 4.74 Å². The highest BCUT2D eigenvalue weighted by Gasteiger charge is 2.08. The van der Waals surface area contributed by atoms with Gasteiger partial charge in [-0.05, 0) is 47.2 Å². The topological polar surface area (TPSA) is 71.2 Å². The van der Waals surface area contributed by atoms with Gasteiger partial charge in [-0.15, -0.1) is 0 Å². The van der Waals surface area contributed by atoms with Gasteiger partial charge in [0.2, 0.25) is 5.91 Å². The van der Waals surface area contributed by atoms with Crippen molar-refractivity contribution in [2.75, 3.05) is 6.61 Å². The molecule has 140 valence electrons. The lowest BCUT2D eigenvalue weighted by Crippen LogP contribution is -2.27. The summed E-state index contributed by atoms with van der Waals surface area (Å²) in [5.74, 6) is 0.993. The average Bonchev–Trinajstić information content (AvgIpc) is 2.66. The van der Waals surface area contributed by atoms with Crippen molar-refractivity contribution in [2.45, 2.75) is 32.7 Å². The van der Waals surface area contributed by atoms with Gasteiger partial charge in [-0.25, -0.2) is 0 Å². The third kappa shape index (κ3) is 4.97. The van der Waals surface area contributed by atoms with Crippen molar-refractivity contribution < 1.29 is 9.53 Å². The number of fused-ring (bicyclic) bond motifs is 1. The van der Waals surface area contributed by atoms with Gasteiger partial charge in [-0.3, -0.25) is 9.59 Å². The molecule has 0 spiro atoms. The summed E-state index contributed by atoms with van der Waals surface area (Å²) >= 11 is 0. The molecule has 0 aliphatic rings. The first-order valence-corrected chi connectivity index (χ1v) is 9.13. The number of benzene rings is 2. The highest BCUT2D eigenvalue weighted by Crippen LogP contribution is 2.20. The van der Waals surface area contributed by atoms with Crippen LogP contribution >= 0.6 is 0 Å². The molecule has 0 fully saturated rings. The summed E-state index contributed by atoms with van der Waals surface area (Å²) in [6, 6.07) is 17.2. The second-order valence-electron chi connectivity index (χ2n) is 6.81. The molecule has 0 atom stereocenters. The van der Waals surface area contributed by atoms with Crippen molar-refractivity contribution in [1.29, 1.82) is 0 Å². The summed E-state index contributed by atoms with van der Waals surface area (Å²) in [7, 11) is 0. The summed E-state index contributed by atoms with van der Waals surface area (Å²) in [4.78, 5) is 27.1. The number of para-hydroxylation sites is 1. The number of H-pyrrole nitrogens is 1. The van der Waals surface area contributed by atoms with Crippen molar-refractivity contribution in [1.82, 2.24) is 10.3 Å². The van der Waals surface area contributed by atoms with E-state index in [1.54, 1.807) is 0 Å². The van der Waals surface area contributed by atoms with E-state index in [-0.39, 0.29) is 24.4 Å². The summed E-state index contributed by atoms with van der Waals surface area (Å²) < 4.78 is 5.52. The lowest BCUT2D eigenvalue weighted by atomic mass is 10.0. The lowest BCUT2D eigenvalue weighted by Gasteiger charge is -2.09. The molecule has 2 aromatic carbocycles. The number of aromatic nitrogens is 1. The van der Waals surface area contributed by atoms with Crippen molar-refractivity contribution in [3.8, 4) is 5.75 Å². The predicted octanol–water partition coefficient (Wildman–Crippen LogP) is 3.74. The van der Waals surface area contributed by atoms with Crippen LogP contribution < -0.4 is 15.6 Å². The van der Waals surface area contributed by atoms with E-state index in [2.05, 4.69) is 30.2 Å². The van der Waals surface area contributed by atoms with Gasteiger partial charge in [-0.1, -0.05) is 38.1 Å². The Morgan fingerprint density at radius 3 is 2.63 bits per heavy atom. The molecule has 1 amide bonds. The molecule has 0 bridgehead atoms. The van der Waals surface area contributed by atoms with Crippen molar-refractivity contribution in [3.05, 3.63) is 76.1 Å². The zero-order chi connectivity index (χ0) is 19.2. The second kappa shape index (κ2) is 8.54. The number of hydrogen-bond donors (Lipinski definition) is 2. The molecule has 5 nitrogen and oxygen atoms in total. The van der Waals surface area contributed by atoms with Crippen LogP contribution in [0.25, 0.3) is 10.9 Å². The normalized spacial score (nSPS) is 10.9. The molecule has 0 radical (unpaired) electrons. The SMILES string of the molecule is CC(C)c1ccc2[nH]c(=O)c(CNC(=O)CCOc3ccccc3)cc2c1. The molecule has 1 aromatic heterocycles. The monoisotopic (exact) mass is 364 g/mol.